The second-order valence-corrected chi connectivity index (χ2v) is 6.46. The van der Waals surface area contributed by atoms with E-state index in [1.165, 1.54) is 0 Å². The molecule has 0 fully saturated rings. The van der Waals surface area contributed by atoms with Crippen LogP contribution in [0.15, 0.2) is 53.0 Å². The Morgan fingerprint density at radius 1 is 0.880 bits per heavy atom. The van der Waals surface area contributed by atoms with E-state index < -0.39 is 11.9 Å². The van der Waals surface area contributed by atoms with Gasteiger partial charge in [-0.3, -0.25) is 0 Å². The molecule has 4 nitrogen and oxygen atoms in total. The predicted molar refractivity (Wildman–Crippen MR) is 99.8 cm³/mol. The number of ether oxygens (including phenoxy) is 2. The van der Waals surface area contributed by atoms with Crippen LogP contribution in [0.2, 0.25) is 0 Å². The minimum atomic E-state index is -0.514. The van der Waals surface area contributed by atoms with Gasteiger partial charge in [-0.25, -0.2) is 9.59 Å². The van der Waals surface area contributed by atoms with Gasteiger partial charge in [0.05, 0.1) is 24.3 Å². The lowest BCUT2D eigenvalue weighted by Gasteiger charge is -2.10. The van der Waals surface area contributed by atoms with E-state index >= 15 is 0 Å². The zero-order valence-corrected chi connectivity index (χ0v) is 15.8. The molecule has 0 saturated carbocycles. The van der Waals surface area contributed by atoms with Gasteiger partial charge < -0.3 is 9.47 Å². The summed E-state index contributed by atoms with van der Waals surface area (Å²) in [5, 5.41) is 0. The maximum absolute atomic E-state index is 12.3. The zero-order valence-electron chi connectivity index (χ0n) is 14.2. The van der Waals surface area contributed by atoms with Crippen LogP contribution in [0.1, 0.15) is 46.0 Å². The maximum atomic E-state index is 12.3. The molecule has 0 aliphatic carbocycles. The van der Waals surface area contributed by atoms with Crippen LogP contribution in [0.3, 0.4) is 0 Å². The highest BCUT2D eigenvalue weighted by Gasteiger charge is 2.18. The van der Waals surface area contributed by atoms with Gasteiger partial charge in [0, 0.05) is 10.9 Å². The highest BCUT2D eigenvalue weighted by molar-refractivity contribution is 9.10. The van der Waals surface area contributed by atoms with Crippen molar-refractivity contribution < 1.29 is 19.1 Å². The third-order valence-electron chi connectivity index (χ3n) is 3.64. The maximum Gasteiger partial charge on any atom is 0.339 e. The van der Waals surface area contributed by atoms with Crippen LogP contribution in [0.4, 0.5) is 0 Å². The summed E-state index contributed by atoms with van der Waals surface area (Å²) >= 11 is 3.38. The molecule has 0 heterocycles. The number of unbranched alkanes of at least 4 members (excludes halogenated alkanes) is 1. The van der Waals surface area contributed by atoms with Crippen molar-refractivity contribution in [1.82, 2.24) is 0 Å². The molecular weight excluding hydrogens is 384 g/mol. The minimum absolute atomic E-state index is 0.236. The lowest BCUT2D eigenvalue weighted by Crippen LogP contribution is -2.15. The number of hydrogen-bond donors (Lipinski definition) is 0. The molecule has 0 aliphatic rings. The quantitative estimate of drug-likeness (QED) is 0.468. The standard InChI is InChI=1S/C20H21BrO4/c1-2-3-13-24-19(22)17-6-4-5-7-18(17)20(23)25-14-12-15-8-10-16(21)11-9-15/h4-11H,2-3,12-14H2,1H3. The predicted octanol–water partition coefficient (Wildman–Crippen LogP) is 4.81. The molecule has 0 N–H and O–H groups in total. The van der Waals surface area contributed by atoms with E-state index in [2.05, 4.69) is 15.9 Å². The third-order valence-corrected chi connectivity index (χ3v) is 4.16. The fraction of sp³-hybridized carbons (Fsp3) is 0.300. The van der Waals surface area contributed by atoms with Gasteiger partial charge in [0.15, 0.2) is 0 Å². The number of halogens is 1. The van der Waals surface area contributed by atoms with Crippen LogP contribution in [-0.2, 0) is 15.9 Å². The topological polar surface area (TPSA) is 52.6 Å². The first-order chi connectivity index (χ1) is 12.1. The van der Waals surface area contributed by atoms with Crippen molar-refractivity contribution in [1.29, 1.82) is 0 Å². The zero-order chi connectivity index (χ0) is 18.1. The molecule has 25 heavy (non-hydrogen) atoms. The smallest absolute Gasteiger partial charge is 0.339 e. The third kappa shape index (κ3) is 6.02. The molecule has 0 aliphatic heterocycles. The van der Waals surface area contributed by atoms with Gasteiger partial charge >= 0.3 is 11.9 Å². The van der Waals surface area contributed by atoms with E-state index in [1.54, 1.807) is 24.3 Å². The number of esters is 2. The monoisotopic (exact) mass is 404 g/mol. The summed E-state index contributed by atoms with van der Waals surface area (Å²) in [4.78, 5) is 24.4. The minimum Gasteiger partial charge on any atom is -0.462 e. The second-order valence-electron chi connectivity index (χ2n) is 5.55. The second kappa shape index (κ2) is 9.99. The number of rotatable bonds is 8. The molecule has 0 bridgehead atoms. The lowest BCUT2D eigenvalue weighted by molar-refractivity contribution is 0.0457. The summed E-state index contributed by atoms with van der Waals surface area (Å²) in [6.07, 6.45) is 2.35. The molecule has 2 aromatic carbocycles. The largest absolute Gasteiger partial charge is 0.462 e. The summed E-state index contributed by atoms with van der Waals surface area (Å²) in [6, 6.07) is 14.4. The highest BCUT2D eigenvalue weighted by atomic mass is 79.9. The Kier molecular flexibility index (Phi) is 7.67. The van der Waals surface area contributed by atoms with Gasteiger partial charge in [0.1, 0.15) is 0 Å². The molecule has 0 saturated heterocycles. The van der Waals surface area contributed by atoms with Crippen LogP contribution in [-0.4, -0.2) is 25.2 Å². The molecule has 0 unspecified atom stereocenters. The summed E-state index contributed by atoms with van der Waals surface area (Å²) in [6.45, 7) is 2.62. The Hall–Kier alpha value is -2.14. The van der Waals surface area contributed by atoms with Crippen molar-refractivity contribution in [2.75, 3.05) is 13.2 Å². The normalized spacial score (nSPS) is 10.3. The summed E-state index contributed by atoms with van der Waals surface area (Å²) in [5.74, 6) is -1.01. The van der Waals surface area contributed by atoms with Gasteiger partial charge in [0.25, 0.3) is 0 Å². The Bertz CT molecular complexity index is 710. The average molecular weight is 405 g/mol. The first kappa shape index (κ1) is 19.2. The molecular formula is C20H21BrO4. The van der Waals surface area contributed by atoms with Crippen molar-refractivity contribution in [2.24, 2.45) is 0 Å². The van der Waals surface area contributed by atoms with Crippen molar-refractivity contribution in [3.8, 4) is 0 Å². The lowest BCUT2D eigenvalue weighted by atomic mass is 10.1. The summed E-state index contributed by atoms with van der Waals surface area (Å²) in [5.41, 5.74) is 1.55. The van der Waals surface area contributed by atoms with Crippen LogP contribution in [0.25, 0.3) is 0 Å². The van der Waals surface area contributed by atoms with Crippen LogP contribution in [0.5, 0.6) is 0 Å². The number of carbonyl (C=O) groups excluding carboxylic acids is 2. The molecule has 5 heteroatoms. The van der Waals surface area contributed by atoms with E-state index in [9.17, 15) is 9.59 Å². The Morgan fingerprint density at radius 3 is 2.00 bits per heavy atom. The number of carbonyl (C=O) groups is 2. The van der Waals surface area contributed by atoms with E-state index in [0.717, 1.165) is 22.9 Å². The average Bonchev–Trinajstić information content (AvgIpc) is 2.63. The van der Waals surface area contributed by atoms with E-state index in [1.807, 2.05) is 31.2 Å². The van der Waals surface area contributed by atoms with Gasteiger partial charge in [0.2, 0.25) is 0 Å². The number of hydrogen-bond acceptors (Lipinski definition) is 4. The van der Waals surface area contributed by atoms with Crippen LogP contribution in [0, 0.1) is 0 Å². The van der Waals surface area contributed by atoms with Crippen LogP contribution < -0.4 is 0 Å². The van der Waals surface area contributed by atoms with Crippen molar-refractivity contribution in [2.45, 2.75) is 26.2 Å². The van der Waals surface area contributed by atoms with Gasteiger partial charge in [-0.2, -0.15) is 0 Å². The van der Waals surface area contributed by atoms with Crippen molar-refractivity contribution in [3.05, 3.63) is 69.7 Å². The van der Waals surface area contributed by atoms with Crippen molar-refractivity contribution in [3.63, 3.8) is 0 Å². The molecule has 2 rings (SSSR count). The van der Waals surface area contributed by atoms with Gasteiger partial charge in [-0.15, -0.1) is 0 Å². The van der Waals surface area contributed by atoms with Crippen LogP contribution >= 0.6 is 15.9 Å². The molecule has 0 amide bonds. The fourth-order valence-corrected chi connectivity index (χ4v) is 2.48. The molecule has 0 atom stereocenters. The van der Waals surface area contributed by atoms with Gasteiger partial charge in [-0.05, 0) is 36.2 Å². The molecule has 2 aromatic rings. The molecule has 0 radical (unpaired) electrons. The van der Waals surface area contributed by atoms with E-state index in [0.29, 0.717) is 13.0 Å². The summed E-state index contributed by atoms with van der Waals surface area (Å²) in [7, 11) is 0. The Morgan fingerprint density at radius 2 is 1.44 bits per heavy atom. The Labute approximate surface area is 156 Å². The highest BCUT2D eigenvalue weighted by Crippen LogP contribution is 2.14. The van der Waals surface area contributed by atoms with Crippen molar-refractivity contribution >= 4 is 27.9 Å². The molecule has 132 valence electrons. The summed E-state index contributed by atoms with van der Waals surface area (Å²) < 4.78 is 11.5. The fourth-order valence-electron chi connectivity index (χ4n) is 2.22. The molecule has 0 spiro atoms. The van der Waals surface area contributed by atoms with Gasteiger partial charge in [-0.1, -0.05) is 53.5 Å². The number of benzene rings is 2. The Balaban J connectivity index is 1.94. The molecule has 0 aromatic heterocycles. The first-order valence-corrected chi connectivity index (χ1v) is 9.09. The first-order valence-electron chi connectivity index (χ1n) is 8.29. The van der Waals surface area contributed by atoms with E-state index in [-0.39, 0.29) is 17.7 Å². The van der Waals surface area contributed by atoms with E-state index in [4.69, 9.17) is 9.47 Å². The SMILES string of the molecule is CCCCOC(=O)c1ccccc1C(=O)OCCc1ccc(Br)cc1.